The Kier molecular flexibility index (Phi) is 4.19. The molecule has 1 saturated heterocycles. The van der Waals surface area contributed by atoms with E-state index in [0.29, 0.717) is 0 Å². The molecule has 1 aliphatic heterocycles. The van der Waals surface area contributed by atoms with E-state index in [1.165, 1.54) is 56.4 Å². The Morgan fingerprint density at radius 2 is 1.89 bits per heavy atom. The molecule has 0 spiro atoms. The zero-order valence-corrected chi connectivity index (χ0v) is 12.1. The standard InChI is InChI=1S/C17H26N2/c1-14-4-6-15(7-5-14)11-19(12-16-8-9-16)13-17-3-2-10-18-17/h4-7,16-18H,2-3,8-13H2,1H3. The molecule has 1 unspecified atom stereocenters. The van der Waals surface area contributed by atoms with Gasteiger partial charge in [-0.15, -0.1) is 0 Å². The maximum Gasteiger partial charge on any atom is 0.0234 e. The predicted molar refractivity (Wildman–Crippen MR) is 80.2 cm³/mol. The number of hydrogen-bond acceptors (Lipinski definition) is 2. The van der Waals surface area contributed by atoms with Gasteiger partial charge in [0, 0.05) is 25.7 Å². The first-order valence-corrected chi connectivity index (χ1v) is 7.81. The van der Waals surface area contributed by atoms with Crippen molar-refractivity contribution in [1.29, 1.82) is 0 Å². The molecule has 3 rings (SSSR count). The van der Waals surface area contributed by atoms with Gasteiger partial charge in [-0.1, -0.05) is 29.8 Å². The molecule has 1 N–H and O–H groups in total. The molecule has 0 bridgehead atoms. The van der Waals surface area contributed by atoms with Crippen molar-refractivity contribution in [2.45, 2.75) is 45.2 Å². The Morgan fingerprint density at radius 3 is 2.53 bits per heavy atom. The van der Waals surface area contributed by atoms with E-state index in [0.717, 1.165) is 18.5 Å². The van der Waals surface area contributed by atoms with Gasteiger partial charge in [-0.3, -0.25) is 4.90 Å². The minimum atomic E-state index is 0.726. The molecule has 1 atom stereocenters. The summed E-state index contributed by atoms with van der Waals surface area (Å²) < 4.78 is 0. The number of aryl methyl sites for hydroxylation is 1. The maximum atomic E-state index is 3.63. The van der Waals surface area contributed by atoms with E-state index < -0.39 is 0 Å². The number of nitrogens with zero attached hydrogens (tertiary/aromatic N) is 1. The van der Waals surface area contributed by atoms with E-state index >= 15 is 0 Å². The zero-order valence-electron chi connectivity index (χ0n) is 12.1. The summed E-state index contributed by atoms with van der Waals surface area (Å²) in [6.07, 6.45) is 5.60. The van der Waals surface area contributed by atoms with Crippen LogP contribution in [0.3, 0.4) is 0 Å². The highest BCUT2D eigenvalue weighted by molar-refractivity contribution is 5.21. The van der Waals surface area contributed by atoms with Crippen LogP contribution in [0, 0.1) is 12.8 Å². The van der Waals surface area contributed by atoms with Gasteiger partial charge in [0.15, 0.2) is 0 Å². The normalized spacial score (nSPS) is 23.2. The molecule has 0 aromatic heterocycles. The van der Waals surface area contributed by atoms with Crippen molar-refractivity contribution in [1.82, 2.24) is 10.2 Å². The van der Waals surface area contributed by atoms with Gasteiger partial charge < -0.3 is 5.32 Å². The highest BCUT2D eigenvalue weighted by atomic mass is 15.2. The Bertz CT molecular complexity index is 388. The van der Waals surface area contributed by atoms with Gasteiger partial charge in [-0.2, -0.15) is 0 Å². The molecule has 1 aromatic carbocycles. The van der Waals surface area contributed by atoms with Crippen LogP contribution in [0.4, 0.5) is 0 Å². The third-order valence-electron chi connectivity index (χ3n) is 4.38. The predicted octanol–water partition coefficient (Wildman–Crippen LogP) is 2.96. The van der Waals surface area contributed by atoms with Crippen molar-refractivity contribution in [3.8, 4) is 0 Å². The lowest BCUT2D eigenvalue weighted by atomic mass is 10.1. The Labute approximate surface area is 117 Å². The van der Waals surface area contributed by atoms with Crippen LogP contribution >= 0.6 is 0 Å². The largest absolute Gasteiger partial charge is 0.313 e. The average Bonchev–Trinajstić information content (AvgIpc) is 3.06. The third-order valence-corrected chi connectivity index (χ3v) is 4.38. The van der Waals surface area contributed by atoms with Gasteiger partial charge in [0.05, 0.1) is 0 Å². The lowest BCUT2D eigenvalue weighted by molar-refractivity contribution is 0.232. The molecule has 0 radical (unpaired) electrons. The number of hydrogen-bond donors (Lipinski definition) is 1. The van der Waals surface area contributed by atoms with Crippen LogP contribution in [-0.4, -0.2) is 30.6 Å². The Morgan fingerprint density at radius 1 is 1.11 bits per heavy atom. The van der Waals surface area contributed by atoms with Crippen molar-refractivity contribution in [3.63, 3.8) is 0 Å². The van der Waals surface area contributed by atoms with Gasteiger partial charge in [-0.25, -0.2) is 0 Å². The van der Waals surface area contributed by atoms with Crippen molar-refractivity contribution in [2.75, 3.05) is 19.6 Å². The van der Waals surface area contributed by atoms with E-state index in [-0.39, 0.29) is 0 Å². The molecule has 19 heavy (non-hydrogen) atoms. The fraction of sp³-hybridized carbons (Fsp3) is 0.647. The van der Waals surface area contributed by atoms with Crippen molar-refractivity contribution >= 4 is 0 Å². The van der Waals surface area contributed by atoms with Gasteiger partial charge in [0.25, 0.3) is 0 Å². The molecular weight excluding hydrogens is 232 g/mol. The first-order valence-electron chi connectivity index (χ1n) is 7.81. The second kappa shape index (κ2) is 6.06. The maximum absolute atomic E-state index is 3.63. The van der Waals surface area contributed by atoms with Crippen molar-refractivity contribution in [3.05, 3.63) is 35.4 Å². The van der Waals surface area contributed by atoms with E-state index in [2.05, 4.69) is 41.4 Å². The highest BCUT2D eigenvalue weighted by Crippen LogP contribution is 2.30. The molecule has 0 amide bonds. The second-order valence-electron chi connectivity index (χ2n) is 6.42. The lowest BCUT2D eigenvalue weighted by Crippen LogP contribution is -2.38. The van der Waals surface area contributed by atoms with Crippen LogP contribution in [0.5, 0.6) is 0 Å². The topological polar surface area (TPSA) is 15.3 Å². The molecule has 1 aliphatic carbocycles. The van der Waals surface area contributed by atoms with Gasteiger partial charge in [0.2, 0.25) is 0 Å². The summed E-state index contributed by atoms with van der Waals surface area (Å²) >= 11 is 0. The quantitative estimate of drug-likeness (QED) is 0.844. The number of benzene rings is 1. The Balaban J connectivity index is 1.58. The molecule has 2 aliphatic rings. The summed E-state index contributed by atoms with van der Waals surface area (Å²) in [6, 6.07) is 9.77. The van der Waals surface area contributed by atoms with Crippen LogP contribution in [0.1, 0.15) is 36.8 Å². The van der Waals surface area contributed by atoms with E-state index in [4.69, 9.17) is 0 Å². The smallest absolute Gasteiger partial charge is 0.0234 e. The van der Waals surface area contributed by atoms with Gasteiger partial charge in [0.1, 0.15) is 0 Å². The monoisotopic (exact) mass is 258 g/mol. The van der Waals surface area contributed by atoms with Crippen LogP contribution in [-0.2, 0) is 6.54 Å². The minimum Gasteiger partial charge on any atom is -0.313 e. The molecule has 2 nitrogen and oxygen atoms in total. The molecule has 2 fully saturated rings. The van der Waals surface area contributed by atoms with E-state index in [9.17, 15) is 0 Å². The third kappa shape index (κ3) is 4.05. The highest BCUT2D eigenvalue weighted by Gasteiger charge is 2.26. The summed E-state index contributed by atoms with van der Waals surface area (Å²) in [5, 5.41) is 3.63. The molecule has 1 heterocycles. The van der Waals surface area contributed by atoms with Crippen molar-refractivity contribution in [2.24, 2.45) is 5.92 Å². The first kappa shape index (κ1) is 13.1. The van der Waals surface area contributed by atoms with Crippen LogP contribution in [0.2, 0.25) is 0 Å². The van der Waals surface area contributed by atoms with E-state index in [1.54, 1.807) is 0 Å². The van der Waals surface area contributed by atoms with Gasteiger partial charge in [-0.05, 0) is 50.6 Å². The summed E-state index contributed by atoms with van der Waals surface area (Å²) in [4.78, 5) is 2.67. The molecule has 2 heteroatoms. The van der Waals surface area contributed by atoms with Crippen LogP contribution < -0.4 is 5.32 Å². The molecule has 104 valence electrons. The van der Waals surface area contributed by atoms with Gasteiger partial charge >= 0.3 is 0 Å². The summed E-state index contributed by atoms with van der Waals surface area (Å²) in [5.74, 6) is 0.979. The number of rotatable bonds is 6. The summed E-state index contributed by atoms with van der Waals surface area (Å²) in [5.41, 5.74) is 2.82. The van der Waals surface area contributed by atoms with Crippen LogP contribution in [0.25, 0.3) is 0 Å². The van der Waals surface area contributed by atoms with E-state index in [1.807, 2.05) is 0 Å². The first-order chi connectivity index (χ1) is 9.29. The minimum absolute atomic E-state index is 0.726. The second-order valence-corrected chi connectivity index (χ2v) is 6.42. The molecule has 1 aromatic rings. The molecular formula is C17H26N2. The average molecular weight is 258 g/mol. The fourth-order valence-corrected chi connectivity index (χ4v) is 3.05. The Hall–Kier alpha value is -0.860. The lowest BCUT2D eigenvalue weighted by Gasteiger charge is -2.25. The fourth-order valence-electron chi connectivity index (χ4n) is 3.05. The van der Waals surface area contributed by atoms with Crippen LogP contribution in [0.15, 0.2) is 24.3 Å². The SMILES string of the molecule is Cc1ccc(CN(CC2CC2)CC2CCCN2)cc1. The summed E-state index contributed by atoms with van der Waals surface area (Å²) in [6.45, 7) is 7.02. The van der Waals surface area contributed by atoms with Crippen molar-refractivity contribution < 1.29 is 0 Å². The molecule has 1 saturated carbocycles. The number of nitrogens with one attached hydrogen (secondary N) is 1. The summed E-state index contributed by atoms with van der Waals surface area (Å²) in [7, 11) is 0. The zero-order chi connectivity index (χ0) is 13.1.